The quantitative estimate of drug-likeness (QED) is 0.438. The third-order valence-electron chi connectivity index (χ3n) is 3.86. The van der Waals surface area contributed by atoms with Crippen LogP contribution in [0.3, 0.4) is 0 Å². The lowest BCUT2D eigenvalue weighted by molar-refractivity contribution is 0.278. The van der Waals surface area contributed by atoms with Crippen molar-refractivity contribution < 1.29 is 9.84 Å². The van der Waals surface area contributed by atoms with Gasteiger partial charge in [0.25, 0.3) is 0 Å². The molecule has 3 aromatic rings. The molecule has 8 heteroatoms. The van der Waals surface area contributed by atoms with E-state index in [0.717, 1.165) is 16.9 Å². The van der Waals surface area contributed by atoms with E-state index in [0.29, 0.717) is 35.0 Å². The molecule has 0 amide bonds. The standard InChI is InChI=1S/C18H19N5O2S/c1-3-4-5-8-23-11-20-16(19)15-17(23)22-18(21-15)26-14-7-6-13(25-2)9-12(14)10-24/h1,6-7,9,11,19,24H,4-5,8,10H2,2H3,(H,21,22). The Hall–Kier alpha value is -2.76. The van der Waals surface area contributed by atoms with Crippen molar-refractivity contribution in [2.24, 2.45) is 0 Å². The number of hydrogen-bond acceptors (Lipinski definition) is 6. The fourth-order valence-electron chi connectivity index (χ4n) is 2.54. The molecule has 7 nitrogen and oxygen atoms in total. The second-order valence-corrected chi connectivity index (χ2v) is 6.60. The second-order valence-electron chi connectivity index (χ2n) is 5.57. The van der Waals surface area contributed by atoms with Gasteiger partial charge in [0, 0.05) is 17.9 Å². The smallest absolute Gasteiger partial charge is 0.173 e. The Bertz CT molecular complexity index is 1020. The third kappa shape index (κ3) is 3.74. The van der Waals surface area contributed by atoms with E-state index >= 15 is 0 Å². The Morgan fingerprint density at radius 1 is 1.46 bits per heavy atom. The van der Waals surface area contributed by atoms with Gasteiger partial charge in [-0.2, -0.15) is 0 Å². The van der Waals surface area contributed by atoms with Gasteiger partial charge in [-0.3, -0.25) is 5.41 Å². The van der Waals surface area contributed by atoms with Gasteiger partial charge < -0.3 is 19.4 Å². The minimum absolute atomic E-state index is 0.100. The average molecular weight is 369 g/mol. The molecule has 0 atom stereocenters. The fraction of sp³-hybridized carbons (Fsp3) is 0.278. The molecule has 26 heavy (non-hydrogen) atoms. The fourth-order valence-corrected chi connectivity index (χ4v) is 3.42. The molecule has 0 aliphatic carbocycles. The lowest BCUT2D eigenvalue weighted by Gasteiger charge is -2.07. The summed E-state index contributed by atoms with van der Waals surface area (Å²) in [4.78, 5) is 12.7. The van der Waals surface area contributed by atoms with Crippen molar-refractivity contribution in [2.75, 3.05) is 7.11 Å². The average Bonchev–Trinajstić information content (AvgIpc) is 3.09. The minimum Gasteiger partial charge on any atom is -0.497 e. The Kier molecular flexibility index (Phi) is 5.61. The summed E-state index contributed by atoms with van der Waals surface area (Å²) < 4.78 is 7.09. The lowest BCUT2D eigenvalue weighted by Crippen LogP contribution is -2.12. The number of hydrogen-bond donors (Lipinski definition) is 3. The Balaban J connectivity index is 1.94. The van der Waals surface area contributed by atoms with Crippen LogP contribution in [-0.4, -0.2) is 31.7 Å². The summed E-state index contributed by atoms with van der Waals surface area (Å²) in [5, 5.41) is 18.2. The predicted molar refractivity (Wildman–Crippen MR) is 98.8 cm³/mol. The molecule has 2 heterocycles. The number of aryl methyl sites for hydroxylation is 1. The van der Waals surface area contributed by atoms with Crippen LogP contribution in [-0.2, 0) is 13.2 Å². The summed E-state index contributed by atoms with van der Waals surface area (Å²) >= 11 is 1.39. The number of nitrogens with one attached hydrogen (secondary N) is 2. The molecule has 0 saturated heterocycles. The number of ether oxygens (including phenoxy) is 1. The number of benzene rings is 1. The van der Waals surface area contributed by atoms with Crippen LogP contribution in [0, 0.1) is 17.8 Å². The third-order valence-corrected chi connectivity index (χ3v) is 4.87. The first-order chi connectivity index (χ1) is 12.7. The molecule has 3 N–H and O–H groups in total. The Labute approximate surface area is 155 Å². The molecule has 0 unspecified atom stereocenters. The van der Waals surface area contributed by atoms with Crippen molar-refractivity contribution in [1.82, 2.24) is 19.5 Å². The molecule has 0 fully saturated rings. The van der Waals surface area contributed by atoms with E-state index in [4.69, 9.17) is 16.6 Å². The highest BCUT2D eigenvalue weighted by molar-refractivity contribution is 7.99. The highest BCUT2D eigenvalue weighted by atomic mass is 32.2. The zero-order chi connectivity index (χ0) is 18.5. The summed E-state index contributed by atoms with van der Waals surface area (Å²) in [5.41, 5.74) is 2.14. The topological polar surface area (TPSA) is 99.8 Å². The number of aromatic nitrogens is 4. The summed E-state index contributed by atoms with van der Waals surface area (Å²) in [7, 11) is 1.59. The number of aliphatic hydroxyl groups is 1. The number of terminal acetylenes is 1. The molecule has 0 spiro atoms. The number of unbranched alkanes of at least 4 members (excludes halogenated alkanes) is 1. The molecular weight excluding hydrogens is 350 g/mol. The molecule has 134 valence electrons. The van der Waals surface area contributed by atoms with E-state index in [9.17, 15) is 5.11 Å². The van der Waals surface area contributed by atoms with Gasteiger partial charge in [-0.05, 0) is 30.2 Å². The van der Waals surface area contributed by atoms with Crippen molar-refractivity contribution in [3.05, 3.63) is 35.6 Å². The van der Waals surface area contributed by atoms with Gasteiger partial charge in [0.2, 0.25) is 0 Å². The number of aromatic amines is 1. The first-order valence-corrected chi connectivity index (χ1v) is 8.86. The maximum atomic E-state index is 9.61. The highest BCUT2D eigenvalue weighted by Gasteiger charge is 2.12. The first-order valence-electron chi connectivity index (χ1n) is 8.05. The van der Waals surface area contributed by atoms with Crippen molar-refractivity contribution in [3.63, 3.8) is 0 Å². The minimum atomic E-state index is -0.100. The van der Waals surface area contributed by atoms with E-state index in [1.807, 2.05) is 16.7 Å². The monoisotopic (exact) mass is 369 g/mol. The molecular formula is C18H19N5O2S. The van der Waals surface area contributed by atoms with Crippen molar-refractivity contribution in [1.29, 1.82) is 5.41 Å². The number of aliphatic hydroxyl groups excluding tert-OH is 1. The molecule has 0 aliphatic rings. The van der Waals surface area contributed by atoms with Crippen molar-refractivity contribution in [2.45, 2.75) is 36.0 Å². The van der Waals surface area contributed by atoms with Crippen LogP contribution in [0.2, 0.25) is 0 Å². The summed E-state index contributed by atoms with van der Waals surface area (Å²) in [6.07, 6.45) is 8.41. The molecule has 0 aliphatic heterocycles. The first kappa shape index (κ1) is 18.0. The largest absolute Gasteiger partial charge is 0.497 e. The van der Waals surface area contributed by atoms with Gasteiger partial charge in [0.15, 0.2) is 16.3 Å². The van der Waals surface area contributed by atoms with Gasteiger partial charge in [-0.15, -0.1) is 12.3 Å². The molecule has 1 aromatic carbocycles. The van der Waals surface area contributed by atoms with Crippen LogP contribution in [0.5, 0.6) is 5.75 Å². The second kappa shape index (κ2) is 8.08. The van der Waals surface area contributed by atoms with Crippen molar-refractivity contribution in [3.8, 4) is 18.1 Å². The Morgan fingerprint density at radius 3 is 3.04 bits per heavy atom. The number of H-pyrrole nitrogens is 1. The Morgan fingerprint density at radius 2 is 2.31 bits per heavy atom. The normalized spacial score (nSPS) is 10.8. The maximum Gasteiger partial charge on any atom is 0.173 e. The van der Waals surface area contributed by atoms with E-state index in [-0.39, 0.29) is 12.1 Å². The van der Waals surface area contributed by atoms with Crippen LogP contribution in [0.15, 0.2) is 34.6 Å². The van der Waals surface area contributed by atoms with Crippen LogP contribution in [0.1, 0.15) is 18.4 Å². The van der Waals surface area contributed by atoms with Crippen LogP contribution < -0.4 is 10.2 Å². The number of imidazole rings is 1. The number of rotatable bonds is 7. The molecule has 2 aromatic heterocycles. The van der Waals surface area contributed by atoms with Gasteiger partial charge in [-0.1, -0.05) is 11.8 Å². The van der Waals surface area contributed by atoms with E-state index in [1.165, 1.54) is 11.8 Å². The maximum absolute atomic E-state index is 9.61. The molecule has 0 radical (unpaired) electrons. The van der Waals surface area contributed by atoms with Crippen LogP contribution in [0.4, 0.5) is 0 Å². The predicted octanol–water partition coefficient (Wildman–Crippen LogP) is 2.30. The lowest BCUT2D eigenvalue weighted by atomic mass is 10.2. The van der Waals surface area contributed by atoms with E-state index in [1.54, 1.807) is 19.5 Å². The molecule has 0 saturated carbocycles. The van der Waals surface area contributed by atoms with Gasteiger partial charge >= 0.3 is 0 Å². The van der Waals surface area contributed by atoms with Gasteiger partial charge in [0.1, 0.15) is 11.3 Å². The van der Waals surface area contributed by atoms with E-state index in [2.05, 4.69) is 20.9 Å². The SMILES string of the molecule is C#CCCCn1cnc(=N)c2[nH]c(Sc3ccc(OC)cc3CO)nc21. The number of fused-ring (bicyclic) bond motifs is 1. The number of methoxy groups -OCH3 is 1. The molecule has 0 bridgehead atoms. The summed E-state index contributed by atoms with van der Waals surface area (Å²) in [6, 6.07) is 5.51. The zero-order valence-corrected chi connectivity index (χ0v) is 15.1. The summed E-state index contributed by atoms with van der Waals surface area (Å²) in [5.74, 6) is 3.31. The van der Waals surface area contributed by atoms with Crippen LogP contribution in [0.25, 0.3) is 11.2 Å². The number of nitrogens with zero attached hydrogens (tertiary/aromatic N) is 3. The van der Waals surface area contributed by atoms with Gasteiger partial charge in [-0.25, -0.2) is 9.97 Å². The van der Waals surface area contributed by atoms with Gasteiger partial charge in [0.05, 0.1) is 20.0 Å². The molecule has 3 rings (SSSR count). The van der Waals surface area contributed by atoms with Crippen molar-refractivity contribution >= 4 is 22.9 Å². The van der Waals surface area contributed by atoms with Crippen LogP contribution >= 0.6 is 11.8 Å². The van der Waals surface area contributed by atoms with E-state index < -0.39 is 0 Å². The summed E-state index contributed by atoms with van der Waals surface area (Å²) in [6.45, 7) is 0.588. The highest BCUT2D eigenvalue weighted by Crippen LogP contribution is 2.31. The zero-order valence-electron chi connectivity index (χ0n) is 14.3.